The van der Waals surface area contributed by atoms with Crippen molar-refractivity contribution in [2.45, 2.75) is 37.1 Å². The predicted molar refractivity (Wildman–Crippen MR) is 83.8 cm³/mol. The monoisotopic (exact) mass is 305 g/mol. The number of benzene rings is 1. The summed E-state index contributed by atoms with van der Waals surface area (Å²) in [6, 6.07) is 6.51. The molecule has 1 aliphatic heterocycles. The SMILES string of the molecule is NCC1(c2nc3cccc(Cl)c3n2C2CC2)CCOCC1. The molecule has 2 N–H and O–H groups in total. The zero-order valence-corrected chi connectivity index (χ0v) is 12.8. The summed E-state index contributed by atoms with van der Waals surface area (Å²) >= 11 is 6.46. The molecule has 1 aromatic heterocycles. The molecule has 112 valence electrons. The Bertz CT molecular complexity index is 671. The molecular weight excluding hydrogens is 286 g/mol. The molecule has 1 aliphatic carbocycles. The molecule has 2 aromatic rings. The van der Waals surface area contributed by atoms with E-state index in [1.54, 1.807) is 0 Å². The average Bonchev–Trinajstić information content (AvgIpc) is 3.28. The lowest BCUT2D eigenvalue weighted by atomic mass is 9.79. The number of hydrogen-bond acceptors (Lipinski definition) is 3. The standard InChI is InChI=1S/C16H20ClN3O/c17-12-2-1-3-13-14(12)20(11-4-5-11)15(19-13)16(10-18)6-8-21-9-7-16/h1-3,11H,4-10,18H2. The van der Waals surface area contributed by atoms with Crippen molar-refractivity contribution in [1.82, 2.24) is 9.55 Å². The fourth-order valence-electron chi connectivity index (χ4n) is 3.45. The Morgan fingerprint density at radius 1 is 1.33 bits per heavy atom. The summed E-state index contributed by atoms with van der Waals surface area (Å²) in [7, 11) is 0. The van der Waals surface area contributed by atoms with Gasteiger partial charge in [0.15, 0.2) is 0 Å². The Morgan fingerprint density at radius 3 is 2.76 bits per heavy atom. The van der Waals surface area contributed by atoms with E-state index in [0.29, 0.717) is 12.6 Å². The molecule has 2 heterocycles. The van der Waals surface area contributed by atoms with E-state index in [4.69, 9.17) is 27.1 Å². The van der Waals surface area contributed by atoms with Crippen LogP contribution in [0.4, 0.5) is 0 Å². The normalized spacial score (nSPS) is 21.8. The first kappa shape index (κ1) is 13.6. The van der Waals surface area contributed by atoms with Crippen molar-refractivity contribution in [2.24, 2.45) is 5.73 Å². The Balaban J connectivity index is 1.95. The van der Waals surface area contributed by atoms with E-state index in [1.807, 2.05) is 18.2 Å². The van der Waals surface area contributed by atoms with Gasteiger partial charge in [0.1, 0.15) is 5.82 Å². The highest BCUT2D eigenvalue weighted by molar-refractivity contribution is 6.35. The number of nitrogens with two attached hydrogens (primary N) is 1. The van der Waals surface area contributed by atoms with Gasteiger partial charge in [-0.3, -0.25) is 0 Å². The molecule has 0 radical (unpaired) electrons. The van der Waals surface area contributed by atoms with Crippen LogP contribution in [0.1, 0.15) is 37.5 Å². The Morgan fingerprint density at radius 2 is 2.10 bits per heavy atom. The largest absolute Gasteiger partial charge is 0.381 e. The molecule has 1 aromatic carbocycles. The van der Waals surface area contributed by atoms with Crippen LogP contribution < -0.4 is 5.73 Å². The minimum atomic E-state index is -0.0663. The smallest absolute Gasteiger partial charge is 0.117 e. The molecule has 4 nitrogen and oxygen atoms in total. The van der Waals surface area contributed by atoms with Gasteiger partial charge < -0.3 is 15.0 Å². The first-order valence-corrected chi connectivity index (χ1v) is 8.08. The van der Waals surface area contributed by atoms with Gasteiger partial charge in [-0.05, 0) is 37.8 Å². The van der Waals surface area contributed by atoms with Crippen molar-refractivity contribution in [2.75, 3.05) is 19.8 Å². The van der Waals surface area contributed by atoms with Crippen LogP contribution in [0.15, 0.2) is 18.2 Å². The molecule has 0 bridgehead atoms. The molecule has 0 unspecified atom stereocenters. The van der Waals surface area contributed by atoms with E-state index in [1.165, 1.54) is 12.8 Å². The van der Waals surface area contributed by atoms with Crippen molar-refractivity contribution in [3.05, 3.63) is 29.0 Å². The molecule has 5 heteroatoms. The second-order valence-electron chi connectivity index (χ2n) is 6.24. The summed E-state index contributed by atoms with van der Waals surface area (Å²) in [6.07, 6.45) is 4.30. The lowest BCUT2D eigenvalue weighted by Gasteiger charge is -2.36. The van der Waals surface area contributed by atoms with Crippen molar-refractivity contribution >= 4 is 22.6 Å². The molecule has 0 amide bonds. The van der Waals surface area contributed by atoms with E-state index < -0.39 is 0 Å². The summed E-state index contributed by atoms with van der Waals surface area (Å²) in [5.41, 5.74) is 8.18. The van der Waals surface area contributed by atoms with Gasteiger partial charge in [0.2, 0.25) is 0 Å². The van der Waals surface area contributed by atoms with Crippen LogP contribution in [0.2, 0.25) is 5.02 Å². The number of imidazole rings is 1. The lowest BCUT2D eigenvalue weighted by molar-refractivity contribution is 0.0488. The minimum Gasteiger partial charge on any atom is -0.381 e. The highest BCUT2D eigenvalue weighted by Gasteiger charge is 2.41. The van der Waals surface area contributed by atoms with Gasteiger partial charge in [0.05, 0.1) is 16.1 Å². The zero-order valence-electron chi connectivity index (χ0n) is 12.0. The fraction of sp³-hybridized carbons (Fsp3) is 0.562. The van der Waals surface area contributed by atoms with Gasteiger partial charge in [0.25, 0.3) is 0 Å². The number of hydrogen-bond donors (Lipinski definition) is 1. The number of nitrogens with zero attached hydrogens (tertiary/aromatic N) is 2. The number of ether oxygens (including phenoxy) is 1. The molecule has 1 saturated heterocycles. The molecular formula is C16H20ClN3O. The molecule has 0 spiro atoms. The maximum Gasteiger partial charge on any atom is 0.117 e. The maximum absolute atomic E-state index is 6.46. The summed E-state index contributed by atoms with van der Waals surface area (Å²) in [5.74, 6) is 1.12. The third-order valence-corrected chi connectivity index (χ3v) is 5.19. The highest BCUT2D eigenvalue weighted by Crippen LogP contribution is 2.45. The topological polar surface area (TPSA) is 53.1 Å². The van der Waals surface area contributed by atoms with E-state index >= 15 is 0 Å². The van der Waals surface area contributed by atoms with Crippen LogP contribution in [-0.4, -0.2) is 29.3 Å². The Labute approximate surface area is 129 Å². The zero-order chi connectivity index (χ0) is 14.4. The van der Waals surface area contributed by atoms with Crippen LogP contribution in [0.5, 0.6) is 0 Å². The Kier molecular flexibility index (Phi) is 3.21. The molecule has 2 fully saturated rings. The number of halogens is 1. The first-order valence-electron chi connectivity index (χ1n) is 7.70. The second kappa shape index (κ2) is 4.97. The van der Waals surface area contributed by atoms with Crippen LogP contribution >= 0.6 is 11.6 Å². The van der Waals surface area contributed by atoms with Crippen molar-refractivity contribution in [3.8, 4) is 0 Å². The number of rotatable bonds is 3. The van der Waals surface area contributed by atoms with Gasteiger partial charge in [-0.15, -0.1) is 0 Å². The molecule has 4 rings (SSSR count). The van der Waals surface area contributed by atoms with Crippen LogP contribution in [-0.2, 0) is 10.2 Å². The summed E-state index contributed by atoms with van der Waals surface area (Å²) in [4.78, 5) is 4.94. The summed E-state index contributed by atoms with van der Waals surface area (Å²) in [6.45, 7) is 2.14. The third kappa shape index (κ3) is 2.08. The quantitative estimate of drug-likeness (QED) is 0.948. The van der Waals surface area contributed by atoms with E-state index in [0.717, 1.165) is 47.9 Å². The van der Waals surface area contributed by atoms with Gasteiger partial charge in [-0.1, -0.05) is 17.7 Å². The number of para-hydroxylation sites is 1. The Hall–Kier alpha value is -1.10. The second-order valence-corrected chi connectivity index (χ2v) is 6.65. The van der Waals surface area contributed by atoms with Gasteiger partial charge in [0, 0.05) is 31.2 Å². The third-order valence-electron chi connectivity index (χ3n) is 4.89. The summed E-state index contributed by atoms with van der Waals surface area (Å²) < 4.78 is 7.91. The summed E-state index contributed by atoms with van der Waals surface area (Å²) in [5, 5.41) is 0.789. The number of aromatic nitrogens is 2. The molecule has 0 atom stereocenters. The van der Waals surface area contributed by atoms with Crippen LogP contribution in [0.25, 0.3) is 11.0 Å². The van der Waals surface area contributed by atoms with Gasteiger partial charge >= 0.3 is 0 Å². The van der Waals surface area contributed by atoms with E-state index in [2.05, 4.69) is 4.57 Å². The van der Waals surface area contributed by atoms with E-state index in [9.17, 15) is 0 Å². The van der Waals surface area contributed by atoms with Gasteiger partial charge in [-0.25, -0.2) is 4.98 Å². The number of fused-ring (bicyclic) bond motifs is 1. The highest BCUT2D eigenvalue weighted by atomic mass is 35.5. The average molecular weight is 306 g/mol. The first-order chi connectivity index (χ1) is 10.2. The van der Waals surface area contributed by atoms with Crippen molar-refractivity contribution in [1.29, 1.82) is 0 Å². The molecule has 21 heavy (non-hydrogen) atoms. The van der Waals surface area contributed by atoms with Crippen LogP contribution in [0, 0.1) is 0 Å². The fourth-order valence-corrected chi connectivity index (χ4v) is 3.71. The predicted octanol–water partition coefficient (Wildman–Crippen LogP) is 3.03. The maximum atomic E-state index is 6.46. The lowest BCUT2D eigenvalue weighted by Crippen LogP contribution is -2.42. The molecule has 2 aliphatic rings. The van der Waals surface area contributed by atoms with Crippen molar-refractivity contribution in [3.63, 3.8) is 0 Å². The molecule has 1 saturated carbocycles. The van der Waals surface area contributed by atoms with Crippen molar-refractivity contribution < 1.29 is 4.74 Å². The van der Waals surface area contributed by atoms with Gasteiger partial charge in [-0.2, -0.15) is 0 Å². The minimum absolute atomic E-state index is 0.0663. The van der Waals surface area contributed by atoms with Crippen LogP contribution in [0.3, 0.4) is 0 Å². The van der Waals surface area contributed by atoms with E-state index in [-0.39, 0.29) is 5.41 Å².